The van der Waals surface area contributed by atoms with E-state index in [4.69, 9.17) is 9.47 Å². The summed E-state index contributed by atoms with van der Waals surface area (Å²) in [6.07, 6.45) is 0. The summed E-state index contributed by atoms with van der Waals surface area (Å²) in [5.41, 5.74) is 0.293. The highest BCUT2D eigenvalue weighted by Crippen LogP contribution is 2.35. The summed E-state index contributed by atoms with van der Waals surface area (Å²) in [4.78, 5) is 28.0. The summed E-state index contributed by atoms with van der Waals surface area (Å²) in [7, 11) is -3.88. The molecule has 0 aromatic heterocycles. The van der Waals surface area contributed by atoms with Crippen molar-refractivity contribution in [2.75, 3.05) is 29.8 Å². The number of ether oxygens (including phenoxy) is 2. The zero-order valence-electron chi connectivity index (χ0n) is 21.8. The molecule has 2 aromatic carbocycles. The molecule has 2 amide bonds. The van der Waals surface area contributed by atoms with Gasteiger partial charge in [-0.25, -0.2) is 12.8 Å². The van der Waals surface area contributed by atoms with E-state index in [0.29, 0.717) is 30.3 Å². The summed E-state index contributed by atoms with van der Waals surface area (Å²) in [5.74, 6) is -0.791. The maximum Gasteiger partial charge on any atom is 0.244 e. The van der Waals surface area contributed by atoms with Crippen molar-refractivity contribution in [3.05, 3.63) is 53.8 Å². The predicted molar refractivity (Wildman–Crippen MR) is 139 cm³/mol. The van der Waals surface area contributed by atoms with Gasteiger partial charge in [-0.3, -0.25) is 13.9 Å². The minimum Gasteiger partial charge on any atom is -0.486 e. The number of halogens is 1. The lowest BCUT2D eigenvalue weighted by atomic mass is 10.1. The van der Waals surface area contributed by atoms with Crippen LogP contribution in [0.5, 0.6) is 11.5 Å². The normalized spacial score (nSPS) is 14.0. The first-order chi connectivity index (χ1) is 17.3. The standard InChI is InChI=1S/C26H34FN3O6S/c1-6-37(33,34)30(21-11-12-22-23(15-21)36-14-13-35-22)17-24(31)29(16-19-7-9-20(27)10-8-19)18(2)25(32)28-26(3,4)5/h7-12,15,18H,6,13-14,16-17H2,1-5H3,(H,28,32). The number of anilines is 1. The van der Waals surface area contributed by atoms with Crippen molar-refractivity contribution >= 4 is 27.5 Å². The largest absolute Gasteiger partial charge is 0.486 e. The van der Waals surface area contributed by atoms with Gasteiger partial charge in [0.05, 0.1) is 11.4 Å². The third kappa shape index (κ3) is 7.34. The molecule has 0 bridgehead atoms. The van der Waals surface area contributed by atoms with Crippen LogP contribution in [0.4, 0.5) is 10.1 Å². The quantitative estimate of drug-likeness (QED) is 0.529. The second-order valence-corrected chi connectivity index (χ2v) is 12.0. The van der Waals surface area contributed by atoms with E-state index >= 15 is 0 Å². The molecule has 2 aromatic rings. The average Bonchev–Trinajstić information content (AvgIpc) is 2.85. The molecule has 3 rings (SSSR count). The molecule has 0 aliphatic carbocycles. The Labute approximate surface area is 217 Å². The number of nitrogens with zero attached hydrogens (tertiary/aromatic N) is 2. The highest BCUT2D eigenvalue weighted by atomic mass is 32.2. The number of amides is 2. The van der Waals surface area contributed by atoms with E-state index in [-0.39, 0.29) is 18.0 Å². The van der Waals surface area contributed by atoms with E-state index in [2.05, 4.69) is 5.32 Å². The molecule has 0 fully saturated rings. The molecular formula is C26H34FN3O6S. The van der Waals surface area contributed by atoms with Gasteiger partial charge in [-0.05, 0) is 64.4 Å². The van der Waals surface area contributed by atoms with Gasteiger partial charge < -0.3 is 19.7 Å². The number of carbonyl (C=O) groups is 2. The van der Waals surface area contributed by atoms with Gasteiger partial charge in [0.15, 0.2) is 11.5 Å². The van der Waals surface area contributed by atoms with E-state index in [9.17, 15) is 22.4 Å². The minimum absolute atomic E-state index is 0.0149. The van der Waals surface area contributed by atoms with Crippen molar-refractivity contribution in [3.63, 3.8) is 0 Å². The highest BCUT2D eigenvalue weighted by Gasteiger charge is 2.32. The Morgan fingerprint density at radius 2 is 1.68 bits per heavy atom. The van der Waals surface area contributed by atoms with Crippen LogP contribution in [-0.2, 0) is 26.2 Å². The molecule has 1 heterocycles. The van der Waals surface area contributed by atoms with Crippen molar-refractivity contribution < 1.29 is 31.9 Å². The monoisotopic (exact) mass is 535 g/mol. The van der Waals surface area contributed by atoms with Crippen molar-refractivity contribution in [3.8, 4) is 11.5 Å². The molecule has 0 spiro atoms. The van der Waals surface area contributed by atoms with Crippen molar-refractivity contribution in [1.82, 2.24) is 10.2 Å². The van der Waals surface area contributed by atoms with E-state index in [0.717, 1.165) is 4.31 Å². The molecule has 0 radical (unpaired) electrons. The van der Waals surface area contributed by atoms with E-state index in [1.165, 1.54) is 42.2 Å². The lowest BCUT2D eigenvalue weighted by molar-refractivity contribution is -0.140. The zero-order chi connectivity index (χ0) is 27.4. The molecule has 1 aliphatic heterocycles. The number of benzene rings is 2. The van der Waals surface area contributed by atoms with E-state index in [1.807, 2.05) is 20.8 Å². The van der Waals surface area contributed by atoms with Crippen LogP contribution in [0.2, 0.25) is 0 Å². The number of hydrogen-bond acceptors (Lipinski definition) is 6. The zero-order valence-corrected chi connectivity index (χ0v) is 22.6. The number of carbonyl (C=O) groups excluding carboxylic acids is 2. The van der Waals surface area contributed by atoms with E-state index in [1.54, 1.807) is 19.1 Å². The fourth-order valence-corrected chi connectivity index (χ4v) is 4.80. The fourth-order valence-electron chi connectivity index (χ4n) is 3.75. The summed E-state index contributed by atoms with van der Waals surface area (Å²) >= 11 is 0. The van der Waals surface area contributed by atoms with Gasteiger partial charge >= 0.3 is 0 Å². The third-order valence-corrected chi connectivity index (χ3v) is 7.47. The van der Waals surface area contributed by atoms with Gasteiger partial charge in [-0.2, -0.15) is 0 Å². The molecule has 1 unspecified atom stereocenters. The lowest BCUT2D eigenvalue weighted by Crippen LogP contribution is -2.54. The topological polar surface area (TPSA) is 105 Å². The van der Waals surface area contributed by atoms with E-state index < -0.39 is 45.8 Å². The maximum absolute atomic E-state index is 13.7. The van der Waals surface area contributed by atoms with Crippen LogP contribution in [0.3, 0.4) is 0 Å². The van der Waals surface area contributed by atoms with Crippen LogP contribution in [0.1, 0.15) is 40.2 Å². The van der Waals surface area contributed by atoms with Crippen LogP contribution in [-0.4, -0.2) is 62.2 Å². The fraction of sp³-hybridized carbons (Fsp3) is 0.462. The van der Waals surface area contributed by atoms with Gasteiger partial charge in [-0.15, -0.1) is 0 Å². The van der Waals surface area contributed by atoms with Gasteiger partial charge in [0.25, 0.3) is 0 Å². The Morgan fingerprint density at radius 3 is 2.27 bits per heavy atom. The molecular weight excluding hydrogens is 501 g/mol. The van der Waals surface area contributed by atoms with Crippen LogP contribution in [0.15, 0.2) is 42.5 Å². The summed E-state index contributed by atoms with van der Waals surface area (Å²) < 4.78 is 51.7. The Bertz CT molecular complexity index is 1230. The van der Waals surface area contributed by atoms with Gasteiger partial charge in [-0.1, -0.05) is 12.1 Å². The molecule has 1 atom stereocenters. The summed E-state index contributed by atoms with van der Waals surface area (Å²) in [6.45, 7) is 8.68. The molecule has 9 nitrogen and oxygen atoms in total. The third-order valence-electron chi connectivity index (χ3n) is 5.72. The molecule has 1 N–H and O–H groups in total. The second kappa shape index (κ2) is 11.4. The first-order valence-electron chi connectivity index (χ1n) is 12.1. The SMILES string of the molecule is CCS(=O)(=O)N(CC(=O)N(Cc1ccc(F)cc1)C(C)C(=O)NC(C)(C)C)c1ccc2c(c1)OCCO2. The van der Waals surface area contributed by atoms with Crippen molar-refractivity contribution in [2.24, 2.45) is 0 Å². The molecule has 11 heteroatoms. The predicted octanol–water partition coefficient (Wildman–Crippen LogP) is 3.09. The second-order valence-electron chi connectivity index (χ2n) is 9.80. The maximum atomic E-state index is 13.7. The van der Waals surface area contributed by atoms with Gasteiger partial charge in [0.1, 0.15) is 31.6 Å². The molecule has 37 heavy (non-hydrogen) atoms. The molecule has 0 saturated heterocycles. The number of hydrogen-bond donors (Lipinski definition) is 1. The average molecular weight is 536 g/mol. The molecule has 0 saturated carbocycles. The first kappa shape index (κ1) is 28.2. The number of rotatable bonds is 9. The van der Waals surface area contributed by atoms with Crippen molar-refractivity contribution in [1.29, 1.82) is 0 Å². The Hall–Kier alpha value is -3.34. The van der Waals surface area contributed by atoms with Gasteiger partial charge in [0.2, 0.25) is 21.8 Å². The summed E-state index contributed by atoms with van der Waals surface area (Å²) in [6, 6.07) is 9.31. The van der Waals surface area contributed by atoms with Crippen LogP contribution in [0.25, 0.3) is 0 Å². The number of nitrogens with one attached hydrogen (secondary N) is 1. The molecule has 202 valence electrons. The lowest BCUT2D eigenvalue weighted by Gasteiger charge is -2.33. The smallest absolute Gasteiger partial charge is 0.244 e. The van der Waals surface area contributed by atoms with Crippen LogP contribution in [0, 0.1) is 5.82 Å². The summed E-state index contributed by atoms with van der Waals surface area (Å²) in [5, 5.41) is 2.85. The highest BCUT2D eigenvalue weighted by molar-refractivity contribution is 7.92. The number of fused-ring (bicyclic) bond motifs is 1. The van der Waals surface area contributed by atoms with Gasteiger partial charge in [0, 0.05) is 18.2 Å². The Kier molecular flexibility index (Phi) is 8.68. The Balaban J connectivity index is 1.95. The van der Waals surface area contributed by atoms with Crippen LogP contribution < -0.4 is 19.1 Å². The Morgan fingerprint density at radius 1 is 1.05 bits per heavy atom. The molecule has 1 aliphatic rings. The minimum atomic E-state index is -3.88. The van der Waals surface area contributed by atoms with Crippen LogP contribution >= 0.6 is 0 Å². The van der Waals surface area contributed by atoms with Crippen molar-refractivity contribution in [2.45, 2.75) is 52.7 Å². The number of sulfonamides is 1. The first-order valence-corrected chi connectivity index (χ1v) is 13.7.